The Morgan fingerprint density at radius 3 is 2.63 bits per heavy atom. The molecule has 0 bridgehead atoms. The lowest BCUT2D eigenvalue weighted by atomic mass is 9.43. The van der Waals surface area contributed by atoms with Crippen molar-refractivity contribution in [2.45, 2.75) is 82.5 Å². The van der Waals surface area contributed by atoms with Crippen molar-refractivity contribution in [1.82, 2.24) is 0 Å². The van der Waals surface area contributed by atoms with Crippen molar-refractivity contribution in [2.75, 3.05) is 0 Å². The van der Waals surface area contributed by atoms with Crippen molar-refractivity contribution in [3.8, 4) is 0 Å². The number of fused-ring (bicyclic) bond motifs is 3. The zero-order valence-corrected chi connectivity index (χ0v) is 17.5. The van der Waals surface area contributed by atoms with E-state index in [1.807, 2.05) is 6.92 Å². The molecular weight excluding hydrogens is 388 g/mol. The topological polar surface area (TPSA) is 124 Å². The zero-order valence-electron chi connectivity index (χ0n) is 17.5. The molecule has 7 nitrogen and oxygen atoms in total. The van der Waals surface area contributed by atoms with Gasteiger partial charge in [0, 0.05) is 29.6 Å². The highest BCUT2D eigenvalue weighted by Crippen LogP contribution is 2.77. The van der Waals surface area contributed by atoms with Gasteiger partial charge in [-0.3, -0.25) is 14.4 Å². The van der Waals surface area contributed by atoms with Crippen LogP contribution in [0.3, 0.4) is 0 Å². The summed E-state index contributed by atoms with van der Waals surface area (Å²) < 4.78 is 6.44. The molecular formula is C23H30O7. The predicted octanol–water partition coefficient (Wildman–Crippen LogP) is 2.56. The number of carbonyl (C=O) groups excluding carboxylic acids is 1. The van der Waals surface area contributed by atoms with Gasteiger partial charge in [0.25, 0.3) is 0 Å². The van der Waals surface area contributed by atoms with E-state index >= 15 is 0 Å². The zero-order chi connectivity index (χ0) is 21.7. The second kappa shape index (κ2) is 5.94. The molecule has 4 aliphatic carbocycles. The number of rotatable bonds is 4. The Hall–Kier alpha value is -1.73. The lowest BCUT2D eigenvalue weighted by Crippen LogP contribution is -2.63. The molecule has 4 fully saturated rings. The molecule has 1 saturated heterocycles. The van der Waals surface area contributed by atoms with Gasteiger partial charge in [0.05, 0.1) is 17.6 Å². The van der Waals surface area contributed by atoms with Crippen LogP contribution >= 0.6 is 0 Å². The van der Waals surface area contributed by atoms with Crippen molar-refractivity contribution >= 4 is 17.7 Å². The third-order valence-corrected chi connectivity index (χ3v) is 9.77. The summed E-state index contributed by atoms with van der Waals surface area (Å²) in [5, 5.41) is 30.9. The monoisotopic (exact) mass is 418 g/mol. The van der Waals surface area contributed by atoms with E-state index in [9.17, 15) is 24.6 Å². The molecule has 164 valence electrons. The molecule has 3 saturated carbocycles. The van der Waals surface area contributed by atoms with E-state index in [1.165, 1.54) is 0 Å². The minimum Gasteiger partial charge on any atom is -0.481 e. The Morgan fingerprint density at radius 1 is 1.23 bits per heavy atom. The van der Waals surface area contributed by atoms with Crippen molar-refractivity contribution < 1.29 is 34.4 Å². The van der Waals surface area contributed by atoms with Crippen LogP contribution in [0.5, 0.6) is 0 Å². The first-order valence-electron chi connectivity index (χ1n) is 11.1. The number of ether oxygens (including phenoxy) is 1. The van der Waals surface area contributed by atoms with Gasteiger partial charge >= 0.3 is 11.9 Å². The molecule has 0 amide bonds. The summed E-state index contributed by atoms with van der Waals surface area (Å²) in [7, 11) is 0. The van der Waals surface area contributed by atoms with Crippen LogP contribution in [-0.4, -0.2) is 50.3 Å². The van der Waals surface area contributed by atoms with Crippen LogP contribution in [0.25, 0.3) is 0 Å². The molecule has 0 aromatic heterocycles. The summed E-state index contributed by atoms with van der Waals surface area (Å²) in [6, 6.07) is 0. The third kappa shape index (κ3) is 2.25. The van der Waals surface area contributed by atoms with Gasteiger partial charge in [-0.05, 0) is 50.5 Å². The van der Waals surface area contributed by atoms with Gasteiger partial charge < -0.3 is 20.1 Å². The Balaban J connectivity index is 1.59. The Kier molecular flexibility index (Phi) is 4.00. The number of carboxylic acids is 2. The van der Waals surface area contributed by atoms with E-state index in [0.717, 1.165) is 5.57 Å². The molecule has 5 rings (SSSR count). The molecule has 1 aliphatic heterocycles. The van der Waals surface area contributed by atoms with Gasteiger partial charge in [-0.2, -0.15) is 0 Å². The first-order chi connectivity index (χ1) is 14.0. The number of aliphatic carboxylic acids is 2. The smallest absolute Gasteiger partial charge is 0.307 e. The summed E-state index contributed by atoms with van der Waals surface area (Å²) in [4.78, 5) is 35.7. The number of hydrogen-bond acceptors (Lipinski definition) is 5. The van der Waals surface area contributed by atoms with Crippen LogP contribution in [0.1, 0.15) is 65.2 Å². The van der Waals surface area contributed by atoms with Crippen LogP contribution in [0.4, 0.5) is 0 Å². The molecule has 0 radical (unpaired) electrons. The van der Waals surface area contributed by atoms with Crippen LogP contribution < -0.4 is 0 Å². The average molecular weight is 418 g/mol. The molecule has 0 aromatic rings. The first kappa shape index (κ1) is 20.2. The second-order valence-corrected chi connectivity index (χ2v) is 10.7. The minimum absolute atomic E-state index is 0.0489. The third-order valence-electron chi connectivity index (χ3n) is 9.77. The normalized spacial score (nSPS) is 51.2. The van der Waals surface area contributed by atoms with Gasteiger partial charge in [-0.1, -0.05) is 19.4 Å². The molecule has 7 heteroatoms. The average Bonchev–Trinajstić information content (AvgIpc) is 3.32. The Morgan fingerprint density at radius 2 is 1.97 bits per heavy atom. The maximum Gasteiger partial charge on any atom is 0.307 e. The van der Waals surface area contributed by atoms with Crippen LogP contribution in [0.15, 0.2) is 11.6 Å². The summed E-state index contributed by atoms with van der Waals surface area (Å²) in [5.74, 6) is -2.70. The number of epoxide rings is 1. The number of ketones is 1. The van der Waals surface area contributed by atoms with Crippen molar-refractivity contribution in [3.05, 3.63) is 11.6 Å². The van der Waals surface area contributed by atoms with Gasteiger partial charge in [0.15, 0.2) is 5.78 Å². The number of aliphatic hydroxyl groups is 1. The minimum atomic E-state index is -1.13. The van der Waals surface area contributed by atoms with Crippen LogP contribution in [0, 0.1) is 28.6 Å². The quantitative estimate of drug-likeness (QED) is 0.599. The Labute approximate surface area is 175 Å². The van der Waals surface area contributed by atoms with E-state index in [2.05, 4.69) is 6.92 Å². The van der Waals surface area contributed by atoms with Gasteiger partial charge in [-0.25, -0.2) is 0 Å². The van der Waals surface area contributed by atoms with Crippen molar-refractivity contribution in [2.24, 2.45) is 28.6 Å². The van der Waals surface area contributed by atoms with Crippen LogP contribution in [0.2, 0.25) is 0 Å². The SMILES string of the molecule is C[C@]12CCC(=O)C=C1CC(C(=O)O)[C@H]1[C@@H]3CC[C@](O)(CCC(=O)O)[C@@]3(C)CC3O[C@]312. The van der Waals surface area contributed by atoms with E-state index < -0.39 is 34.5 Å². The molecule has 0 aromatic carbocycles. The molecule has 3 N–H and O–H groups in total. The fourth-order valence-electron chi connectivity index (χ4n) is 8.08. The van der Waals surface area contributed by atoms with Gasteiger partial charge in [-0.15, -0.1) is 0 Å². The molecule has 8 atom stereocenters. The standard InChI is InChI=1S/C23H30O7/c1-20-6-3-13(24)9-12(20)10-14(19(27)28)18-15-4-7-22(29,8-5-17(25)26)21(15,2)11-16-23(18,20)30-16/h9,14-16,18,29H,3-8,10-11H2,1-2H3,(H,25,26)(H,27,28)/t14?,15-,16?,18-,20-,21-,22-,23+/m0/s1. The highest BCUT2D eigenvalue weighted by Gasteiger charge is 2.82. The van der Waals surface area contributed by atoms with Gasteiger partial charge in [0.1, 0.15) is 5.60 Å². The van der Waals surface area contributed by atoms with E-state index in [0.29, 0.717) is 38.5 Å². The fourth-order valence-corrected chi connectivity index (χ4v) is 8.08. The highest BCUT2D eigenvalue weighted by atomic mass is 16.6. The van der Waals surface area contributed by atoms with Crippen LogP contribution in [-0.2, 0) is 19.1 Å². The lowest BCUT2D eigenvalue weighted by Gasteiger charge is -2.58. The lowest BCUT2D eigenvalue weighted by molar-refractivity contribution is -0.160. The number of carbonyl (C=O) groups is 3. The summed E-state index contributed by atoms with van der Waals surface area (Å²) >= 11 is 0. The summed E-state index contributed by atoms with van der Waals surface area (Å²) in [5.41, 5.74) is -1.74. The first-order valence-corrected chi connectivity index (χ1v) is 11.1. The molecule has 1 heterocycles. The predicted molar refractivity (Wildman–Crippen MR) is 105 cm³/mol. The largest absolute Gasteiger partial charge is 0.481 e. The molecule has 1 spiro atoms. The van der Waals surface area contributed by atoms with Crippen molar-refractivity contribution in [1.29, 1.82) is 0 Å². The molecule has 30 heavy (non-hydrogen) atoms. The number of carboxylic acid groups (broad SMARTS) is 2. The molecule has 5 aliphatic rings. The van der Waals surface area contributed by atoms with Gasteiger partial charge in [0.2, 0.25) is 0 Å². The van der Waals surface area contributed by atoms with Crippen molar-refractivity contribution in [3.63, 3.8) is 0 Å². The maximum absolute atomic E-state index is 12.4. The summed E-state index contributed by atoms with van der Waals surface area (Å²) in [6.07, 6.45) is 4.81. The fraction of sp³-hybridized carbons (Fsp3) is 0.783. The Bertz CT molecular complexity index is 879. The van der Waals surface area contributed by atoms with E-state index in [4.69, 9.17) is 9.84 Å². The number of hydrogen-bond donors (Lipinski definition) is 3. The maximum atomic E-state index is 12.4. The second-order valence-electron chi connectivity index (χ2n) is 10.7. The molecule has 2 unspecified atom stereocenters. The highest BCUT2D eigenvalue weighted by molar-refractivity contribution is 5.92. The van der Waals surface area contributed by atoms with E-state index in [-0.39, 0.29) is 42.0 Å². The van der Waals surface area contributed by atoms with E-state index in [1.54, 1.807) is 6.08 Å². The summed E-state index contributed by atoms with van der Waals surface area (Å²) in [6.45, 7) is 4.14.